The van der Waals surface area contributed by atoms with Crippen LogP contribution in [0.1, 0.15) is 5.56 Å². The molecule has 0 unspecified atom stereocenters. The molecule has 0 aliphatic carbocycles. The van der Waals surface area contributed by atoms with E-state index >= 15 is 0 Å². The molecule has 3 aromatic rings. The van der Waals surface area contributed by atoms with Crippen molar-refractivity contribution in [2.45, 2.75) is 6.42 Å². The van der Waals surface area contributed by atoms with E-state index in [1.54, 1.807) is 4.68 Å². The van der Waals surface area contributed by atoms with Crippen LogP contribution in [0.4, 0.5) is 0 Å². The summed E-state index contributed by atoms with van der Waals surface area (Å²) in [6.07, 6.45) is -0.183. The fourth-order valence-corrected chi connectivity index (χ4v) is 2.87. The Morgan fingerprint density at radius 1 is 1.13 bits per heavy atom. The number of carboxylic acid groups (broad SMARTS) is 1. The third-order valence-corrected chi connectivity index (χ3v) is 4.28. The number of carboxylic acids is 1. The lowest BCUT2D eigenvalue weighted by Gasteiger charge is -2.02. The molecule has 23 heavy (non-hydrogen) atoms. The lowest BCUT2D eigenvalue weighted by atomic mass is 10.1. The van der Waals surface area contributed by atoms with Crippen LogP contribution in [-0.4, -0.2) is 20.9 Å². The van der Waals surface area contributed by atoms with Gasteiger partial charge in [-0.1, -0.05) is 57.9 Å². The normalized spacial score (nSPS) is 10.7. The van der Waals surface area contributed by atoms with Crippen LogP contribution in [0, 0.1) is 0 Å². The lowest BCUT2D eigenvalue weighted by Crippen LogP contribution is -2.01. The van der Waals surface area contributed by atoms with Gasteiger partial charge in [0.2, 0.25) is 0 Å². The van der Waals surface area contributed by atoms with Crippen molar-refractivity contribution >= 4 is 33.5 Å². The molecule has 0 aliphatic heterocycles. The number of aromatic nitrogens is 2. The van der Waals surface area contributed by atoms with Crippen molar-refractivity contribution < 1.29 is 9.90 Å². The van der Waals surface area contributed by atoms with Gasteiger partial charge < -0.3 is 5.11 Å². The van der Waals surface area contributed by atoms with E-state index in [2.05, 4.69) is 21.0 Å². The first-order valence-electron chi connectivity index (χ1n) is 6.87. The van der Waals surface area contributed by atoms with Crippen LogP contribution >= 0.6 is 27.5 Å². The van der Waals surface area contributed by atoms with E-state index in [0.29, 0.717) is 16.4 Å². The number of hydrogen-bond acceptors (Lipinski definition) is 2. The Hall–Kier alpha value is -2.11. The van der Waals surface area contributed by atoms with Crippen molar-refractivity contribution in [3.8, 4) is 16.9 Å². The SMILES string of the molecule is O=C(O)Cc1c(-c2ccc(Br)cc2)nn(-c2ccccc2)c1Cl. The summed E-state index contributed by atoms with van der Waals surface area (Å²) in [5.41, 5.74) is 2.69. The zero-order chi connectivity index (χ0) is 16.4. The highest BCUT2D eigenvalue weighted by Crippen LogP contribution is 2.31. The Labute approximate surface area is 146 Å². The number of para-hydroxylation sites is 1. The minimum atomic E-state index is -0.946. The maximum Gasteiger partial charge on any atom is 0.308 e. The Morgan fingerprint density at radius 3 is 2.39 bits per heavy atom. The second-order valence-corrected chi connectivity index (χ2v) is 6.22. The predicted molar refractivity (Wildman–Crippen MR) is 93.0 cm³/mol. The fourth-order valence-electron chi connectivity index (χ4n) is 2.32. The average Bonchev–Trinajstić information content (AvgIpc) is 2.86. The number of carbonyl (C=O) groups is 1. The summed E-state index contributed by atoms with van der Waals surface area (Å²) in [6, 6.07) is 16.9. The zero-order valence-corrected chi connectivity index (χ0v) is 14.3. The Morgan fingerprint density at radius 2 is 1.78 bits per heavy atom. The number of aliphatic carboxylic acids is 1. The molecule has 6 heteroatoms. The van der Waals surface area contributed by atoms with Crippen LogP contribution in [-0.2, 0) is 11.2 Å². The van der Waals surface area contributed by atoms with Gasteiger partial charge >= 0.3 is 5.97 Å². The Bertz CT molecular complexity index is 845. The summed E-state index contributed by atoms with van der Waals surface area (Å²) in [4.78, 5) is 11.2. The molecule has 0 atom stereocenters. The Kier molecular flexibility index (Phi) is 4.50. The molecule has 1 aromatic heterocycles. The molecule has 0 saturated carbocycles. The third-order valence-electron chi connectivity index (χ3n) is 3.37. The molecule has 0 spiro atoms. The van der Waals surface area contributed by atoms with E-state index in [4.69, 9.17) is 11.6 Å². The Balaban J connectivity index is 2.17. The molecule has 0 saturated heterocycles. The van der Waals surface area contributed by atoms with Gasteiger partial charge in [0.25, 0.3) is 0 Å². The van der Waals surface area contributed by atoms with Crippen LogP contribution in [0.15, 0.2) is 59.1 Å². The number of halogens is 2. The van der Waals surface area contributed by atoms with Gasteiger partial charge in [0, 0.05) is 15.6 Å². The summed E-state index contributed by atoms with van der Waals surface area (Å²) in [5.74, 6) is -0.946. The topological polar surface area (TPSA) is 55.1 Å². The number of nitrogens with zero attached hydrogens (tertiary/aromatic N) is 2. The summed E-state index contributed by atoms with van der Waals surface area (Å²) < 4.78 is 2.51. The van der Waals surface area contributed by atoms with Gasteiger partial charge in [-0.05, 0) is 24.3 Å². The maximum atomic E-state index is 11.2. The van der Waals surface area contributed by atoms with Crippen LogP contribution in [0.5, 0.6) is 0 Å². The molecule has 2 aromatic carbocycles. The van der Waals surface area contributed by atoms with Gasteiger partial charge in [0.1, 0.15) is 5.15 Å². The molecule has 1 N–H and O–H groups in total. The monoisotopic (exact) mass is 390 g/mol. The third kappa shape index (κ3) is 3.30. The van der Waals surface area contributed by atoms with Gasteiger partial charge in [0.15, 0.2) is 0 Å². The summed E-state index contributed by atoms with van der Waals surface area (Å²) in [5, 5.41) is 14.0. The first-order chi connectivity index (χ1) is 11.1. The minimum absolute atomic E-state index is 0.183. The van der Waals surface area contributed by atoms with E-state index < -0.39 is 5.97 Å². The summed E-state index contributed by atoms with van der Waals surface area (Å²) in [7, 11) is 0. The quantitative estimate of drug-likeness (QED) is 0.708. The van der Waals surface area contributed by atoms with E-state index in [1.165, 1.54) is 0 Å². The van der Waals surface area contributed by atoms with Crippen LogP contribution < -0.4 is 0 Å². The van der Waals surface area contributed by atoms with Gasteiger partial charge in [-0.3, -0.25) is 4.79 Å². The highest BCUT2D eigenvalue weighted by molar-refractivity contribution is 9.10. The molecule has 0 radical (unpaired) electrons. The van der Waals surface area contributed by atoms with E-state index in [-0.39, 0.29) is 6.42 Å². The first kappa shape index (κ1) is 15.8. The summed E-state index contributed by atoms with van der Waals surface area (Å²) >= 11 is 9.80. The second-order valence-electron chi connectivity index (χ2n) is 4.94. The van der Waals surface area contributed by atoms with Crippen molar-refractivity contribution in [2.24, 2.45) is 0 Å². The van der Waals surface area contributed by atoms with E-state index in [0.717, 1.165) is 15.7 Å². The molecule has 3 rings (SSSR count). The minimum Gasteiger partial charge on any atom is -0.481 e. The van der Waals surface area contributed by atoms with Crippen molar-refractivity contribution in [1.82, 2.24) is 9.78 Å². The first-order valence-corrected chi connectivity index (χ1v) is 8.04. The fraction of sp³-hybridized carbons (Fsp3) is 0.0588. The average molecular weight is 392 g/mol. The number of rotatable bonds is 4. The molecule has 1 heterocycles. The molecule has 116 valence electrons. The zero-order valence-electron chi connectivity index (χ0n) is 11.9. The molecule has 0 aliphatic rings. The molecule has 0 bridgehead atoms. The smallest absolute Gasteiger partial charge is 0.308 e. The summed E-state index contributed by atoms with van der Waals surface area (Å²) in [6.45, 7) is 0. The van der Waals surface area contributed by atoms with Crippen LogP contribution in [0.25, 0.3) is 16.9 Å². The highest BCUT2D eigenvalue weighted by Gasteiger charge is 2.20. The molecular formula is C17H12BrClN2O2. The van der Waals surface area contributed by atoms with Crippen molar-refractivity contribution in [3.63, 3.8) is 0 Å². The molecule has 4 nitrogen and oxygen atoms in total. The maximum absolute atomic E-state index is 11.2. The largest absolute Gasteiger partial charge is 0.481 e. The van der Waals surface area contributed by atoms with Crippen molar-refractivity contribution in [1.29, 1.82) is 0 Å². The highest BCUT2D eigenvalue weighted by atomic mass is 79.9. The molecule has 0 amide bonds. The van der Waals surface area contributed by atoms with Gasteiger partial charge in [-0.2, -0.15) is 5.10 Å². The van der Waals surface area contributed by atoms with Gasteiger partial charge in [-0.25, -0.2) is 4.68 Å². The van der Waals surface area contributed by atoms with Crippen molar-refractivity contribution in [3.05, 3.63) is 69.8 Å². The van der Waals surface area contributed by atoms with Gasteiger partial charge in [0.05, 0.1) is 17.8 Å². The standard InChI is InChI=1S/C17H12BrClN2O2/c18-12-8-6-11(7-9-12)16-14(10-15(22)23)17(19)21(20-16)13-4-2-1-3-5-13/h1-9H,10H2,(H,22,23). The number of benzene rings is 2. The molecule has 0 fully saturated rings. The van der Waals surface area contributed by atoms with Gasteiger partial charge in [-0.15, -0.1) is 0 Å². The molecular weight excluding hydrogens is 380 g/mol. The number of hydrogen-bond donors (Lipinski definition) is 1. The van der Waals surface area contributed by atoms with Crippen LogP contribution in [0.3, 0.4) is 0 Å². The van der Waals surface area contributed by atoms with Crippen LogP contribution in [0.2, 0.25) is 5.15 Å². The van der Waals surface area contributed by atoms with E-state index in [9.17, 15) is 9.90 Å². The second kappa shape index (κ2) is 6.56. The predicted octanol–water partition coefficient (Wildman–Crippen LogP) is 4.58. The van der Waals surface area contributed by atoms with E-state index in [1.807, 2.05) is 54.6 Å². The lowest BCUT2D eigenvalue weighted by molar-refractivity contribution is -0.136. The van der Waals surface area contributed by atoms with Crippen molar-refractivity contribution in [2.75, 3.05) is 0 Å².